The summed E-state index contributed by atoms with van der Waals surface area (Å²) in [6.07, 6.45) is 0. The van der Waals surface area contributed by atoms with E-state index in [2.05, 4.69) is 0 Å². The molecule has 0 N–H and O–H groups in total. The van der Waals surface area contributed by atoms with Crippen molar-refractivity contribution in [2.24, 2.45) is 0 Å². The Kier molecular flexibility index (Phi) is 5.38. The number of benzene rings is 1. The van der Waals surface area contributed by atoms with Crippen molar-refractivity contribution in [2.45, 2.75) is 27.7 Å². The summed E-state index contributed by atoms with van der Waals surface area (Å²) in [4.78, 5) is 0. The average molecular weight is 241 g/mol. The molecule has 0 atom stereocenters. The summed E-state index contributed by atoms with van der Waals surface area (Å²) in [7, 11) is 0. The van der Waals surface area contributed by atoms with Gasteiger partial charge in [0.15, 0.2) is 0 Å². The standard InChI is InChI=1S/C8H6Cl2F2.C2H6/c1-3-5(9)7(11)4(2)8(12)6(3)10;1-2/h1-2H3;1-2H3. The number of hydrogen-bond acceptors (Lipinski definition) is 0. The largest absolute Gasteiger partial charge is 0.205 e. The van der Waals surface area contributed by atoms with Crippen LogP contribution in [0.25, 0.3) is 0 Å². The molecule has 0 amide bonds. The highest BCUT2D eigenvalue weighted by Crippen LogP contribution is 2.31. The van der Waals surface area contributed by atoms with Crippen LogP contribution < -0.4 is 0 Å². The third-order valence-corrected chi connectivity index (χ3v) is 2.60. The maximum atomic E-state index is 13.0. The zero-order chi connectivity index (χ0) is 11.5. The summed E-state index contributed by atoms with van der Waals surface area (Å²) >= 11 is 11.1. The molecule has 0 fully saturated rings. The molecule has 0 spiro atoms. The second kappa shape index (κ2) is 5.52. The van der Waals surface area contributed by atoms with Crippen molar-refractivity contribution in [3.63, 3.8) is 0 Å². The summed E-state index contributed by atoms with van der Waals surface area (Å²) in [6, 6.07) is 0. The van der Waals surface area contributed by atoms with Gasteiger partial charge in [-0.05, 0) is 19.4 Å². The van der Waals surface area contributed by atoms with Crippen molar-refractivity contribution in [1.82, 2.24) is 0 Å². The summed E-state index contributed by atoms with van der Waals surface area (Å²) in [6.45, 7) is 6.76. The van der Waals surface area contributed by atoms with Crippen molar-refractivity contribution in [1.29, 1.82) is 0 Å². The molecule has 0 nitrogen and oxygen atoms in total. The van der Waals surface area contributed by atoms with Gasteiger partial charge < -0.3 is 0 Å². The van der Waals surface area contributed by atoms with Crippen LogP contribution in [0, 0.1) is 25.5 Å². The molecule has 4 heteroatoms. The second-order valence-corrected chi connectivity index (χ2v) is 3.26. The van der Waals surface area contributed by atoms with E-state index in [0.29, 0.717) is 0 Å². The first kappa shape index (κ1) is 13.7. The predicted molar refractivity (Wildman–Crippen MR) is 57.2 cm³/mol. The predicted octanol–water partition coefficient (Wildman–Crippen LogP) is 4.91. The van der Waals surface area contributed by atoms with Crippen LogP contribution in [-0.4, -0.2) is 0 Å². The fourth-order valence-electron chi connectivity index (χ4n) is 0.851. The van der Waals surface area contributed by atoms with Gasteiger partial charge >= 0.3 is 0 Å². The van der Waals surface area contributed by atoms with Gasteiger partial charge in [0.05, 0.1) is 10.0 Å². The molecule has 0 aliphatic carbocycles. The first-order chi connectivity index (χ1) is 6.46. The van der Waals surface area contributed by atoms with Gasteiger partial charge in [-0.3, -0.25) is 0 Å². The molecular weight excluding hydrogens is 229 g/mol. The van der Waals surface area contributed by atoms with E-state index in [1.165, 1.54) is 13.8 Å². The van der Waals surface area contributed by atoms with Gasteiger partial charge in [-0.1, -0.05) is 37.0 Å². The fraction of sp³-hybridized carbons (Fsp3) is 0.400. The molecule has 0 unspecified atom stereocenters. The Bertz CT molecular complexity index is 230. The quantitative estimate of drug-likeness (QED) is 0.566. The number of rotatable bonds is 0. The molecule has 0 aromatic heterocycles. The van der Waals surface area contributed by atoms with E-state index in [-0.39, 0.29) is 21.2 Å². The van der Waals surface area contributed by atoms with Gasteiger partial charge in [-0.25, -0.2) is 8.78 Å². The van der Waals surface area contributed by atoms with Gasteiger partial charge in [-0.15, -0.1) is 0 Å². The van der Waals surface area contributed by atoms with E-state index < -0.39 is 11.6 Å². The van der Waals surface area contributed by atoms with Crippen LogP contribution in [0.3, 0.4) is 0 Å². The van der Waals surface area contributed by atoms with Gasteiger partial charge in [0.1, 0.15) is 11.6 Å². The highest BCUT2D eigenvalue weighted by Gasteiger charge is 2.16. The van der Waals surface area contributed by atoms with Crippen LogP contribution in [0.4, 0.5) is 8.78 Å². The van der Waals surface area contributed by atoms with E-state index in [0.717, 1.165) is 0 Å². The van der Waals surface area contributed by atoms with Crippen molar-refractivity contribution in [2.75, 3.05) is 0 Å². The molecule has 0 saturated heterocycles. The van der Waals surface area contributed by atoms with Crippen molar-refractivity contribution in [3.8, 4) is 0 Å². The van der Waals surface area contributed by atoms with Gasteiger partial charge in [0.2, 0.25) is 0 Å². The highest BCUT2D eigenvalue weighted by molar-refractivity contribution is 6.36. The Morgan fingerprint density at radius 3 is 1.36 bits per heavy atom. The summed E-state index contributed by atoms with van der Waals surface area (Å²) in [5.74, 6) is -1.48. The molecule has 1 aromatic carbocycles. The SMILES string of the molecule is CC.Cc1c(F)c(Cl)c(C)c(Cl)c1F. The molecule has 80 valence electrons. The zero-order valence-corrected chi connectivity index (χ0v) is 10.0. The molecule has 14 heavy (non-hydrogen) atoms. The number of halogens is 4. The smallest absolute Gasteiger partial charge is 0.147 e. The minimum Gasteiger partial charge on any atom is -0.205 e. The first-order valence-corrected chi connectivity index (χ1v) is 5.01. The monoisotopic (exact) mass is 240 g/mol. The van der Waals surface area contributed by atoms with Crippen molar-refractivity contribution < 1.29 is 8.78 Å². The average Bonchev–Trinajstić information content (AvgIpc) is 2.24. The topological polar surface area (TPSA) is 0 Å². The number of hydrogen-bond donors (Lipinski definition) is 0. The summed E-state index contributed by atoms with van der Waals surface area (Å²) < 4.78 is 26.0. The fourth-order valence-corrected chi connectivity index (χ4v) is 1.37. The van der Waals surface area contributed by atoms with Gasteiger partial charge in [-0.2, -0.15) is 0 Å². The van der Waals surface area contributed by atoms with Crippen molar-refractivity contribution in [3.05, 3.63) is 32.8 Å². The van der Waals surface area contributed by atoms with Crippen LogP contribution in [-0.2, 0) is 0 Å². The van der Waals surface area contributed by atoms with Gasteiger partial charge in [0.25, 0.3) is 0 Å². The second-order valence-electron chi connectivity index (χ2n) is 2.51. The minimum atomic E-state index is -0.740. The molecule has 0 aliphatic heterocycles. The summed E-state index contributed by atoms with van der Waals surface area (Å²) in [5.41, 5.74) is 0.0922. The van der Waals surface area contributed by atoms with Crippen LogP contribution in [0.15, 0.2) is 0 Å². The van der Waals surface area contributed by atoms with Crippen LogP contribution in [0.5, 0.6) is 0 Å². The lowest BCUT2D eigenvalue weighted by Crippen LogP contribution is -1.94. The van der Waals surface area contributed by atoms with Crippen LogP contribution in [0.1, 0.15) is 25.0 Å². The Hall–Kier alpha value is -0.340. The molecule has 0 bridgehead atoms. The molecule has 1 rings (SSSR count). The van der Waals surface area contributed by atoms with Crippen LogP contribution >= 0.6 is 23.2 Å². The maximum Gasteiger partial charge on any atom is 0.147 e. The molecule has 0 saturated carbocycles. The summed E-state index contributed by atoms with van der Waals surface area (Å²) in [5, 5.41) is -0.224. The third kappa shape index (κ3) is 2.37. The van der Waals surface area contributed by atoms with Crippen molar-refractivity contribution >= 4 is 23.2 Å². The Morgan fingerprint density at radius 2 is 1.07 bits per heavy atom. The van der Waals surface area contributed by atoms with Crippen LogP contribution in [0.2, 0.25) is 10.0 Å². The van der Waals surface area contributed by atoms with E-state index in [9.17, 15) is 8.78 Å². The van der Waals surface area contributed by atoms with E-state index in [1.54, 1.807) is 0 Å². The molecular formula is C10H12Cl2F2. The minimum absolute atomic E-state index is 0.112. The lowest BCUT2D eigenvalue weighted by Gasteiger charge is -2.06. The Morgan fingerprint density at radius 1 is 0.786 bits per heavy atom. The third-order valence-electron chi connectivity index (χ3n) is 1.70. The Labute approximate surface area is 92.8 Å². The lowest BCUT2D eigenvalue weighted by atomic mass is 10.1. The maximum absolute atomic E-state index is 13.0. The molecule has 0 aliphatic rings. The van der Waals surface area contributed by atoms with E-state index in [1.807, 2.05) is 13.8 Å². The first-order valence-electron chi connectivity index (χ1n) is 4.26. The zero-order valence-electron chi connectivity index (χ0n) is 8.51. The molecule has 1 aromatic rings. The highest BCUT2D eigenvalue weighted by atomic mass is 35.5. The van der Waals surface area contributed by atoms with E-state index in [4.69, 9.17) is 23.2 Å². The molecule has 0 heterocycles. The molecule has 0 radical (unpaired) electrons. The lowest BCUT2D eigenvalue weighted by molar-refractivity contribution is 0.567. The van der Waals surface area contributed by atoms with Gasteiger partial charge in [0, 0.05) is 5.56 Å². The normalized spacial score (nSPS) is 9.43. The van der Waals surface area contributed by atoms with E-state index >= 15 is 0 Å². The Balaban J connectivity index is 0.000000791.